The van der Waals surface area contributed by atoms with Crippen LogP contribution in [0.15, 0.2) is 0 Å². The van der Waals surface area contributed by atoms with Crippen LogP contribution in [0.1, 0.15) is 33.1 Å². The lowest BCUT2D eigenvalue weighted by Crippen LogP contribution is -2.66. The summed E-state index contributed by atoms with van der Waals surface area (Å²) in [6.07, 6.45) is -12.3. The molecule has 0 fully saturated rings. The molecule has 0 aliphatic heterocycles. The molecule has 0 spiro atoms. The van der Waals surface area contributed by atoms with Gasteiger partial charge in [0.2, 0.25) is 0 Å². The Morgan fingerprint density at radius 1 is 0.857 bits per heavy atom. The van der Waals surface area contributed by atoms with Gasteiger partial charge in [-0.3, -0.25) is 0 Å². The lowest BCUT2D eigenvalue weighted by molar-refractivity contribution is -0.393. The topological polar surface area (TPSA) is 0 Å². The minimum atomic E-state index is -6.63. The van der Waals surface area contributed by atoms with Gasteiger partial charge in [0.1, 0.15) is 0 Å². The van der Waals surface area contributed by atoms with Crippen molar-refractivity contribution in [2.24, 2.45) is 5.92 Å². The number of rotatable bonds is 6. The molecule has 0 rings (SSSR count). The fourth-order valence-electron chi connectivity index (χ4n) is 1.83. The Hall–Kier alpha value is 0.1000. The van der Waals surface area contributed by atoms with Gasteiger partial charge in [-0.2, -0.15) is 35.1 Å². The highest BCUT2D eigenvalue weighted by Gasteiger charge is 2.82. The van der Waals surface area contributed by atoms with Gasteiger partial charge in [-0.1, -0.05) is 49.3 Å². The highest BCUT2D eigenvalue weighted by Crippen LogP contribution is 2.57. The average Bonchev–Trinajstić information content (AvgIpc) is 2.30. The molecule has 0 aromatic heterocycles. The van der Waals surface area contributed by atoms with Gasteiger partial charge < -0.3 is 0 Å². The molecule has 128 valence electrons. The van der Waals surface area contributed by atoms with Gasteiger partial charge in [0, 0.05) is 9.84 Å². The van der Waals surface area contributed by atoms with E-state index in [4.69, 9.17) is 0 Å². The standard InChI is InChI=1S/C11H14F9I/c1-3-4-5-7(21)6(2)8(12,10(15,16)17)9(13,14)11(18,19)20/h6-7H,3-5H2,1-2H3. The normalized spacial score (nSPS) is 20.0. The van der Waals surface area contributed by atoms with Crippen LogP contribution in [0.2, 0.25) is 0 Å². The Morgan fingerprint density at radius 2 is 1.29 bits per heavy atom. The SMILES string of the molecule is CCCCC(I)C(C)C(F)(C(F)(F)F)C(F)(F)C(F)(F)F. The molecule has 0 radical (unpaired) electrons. The third-order valence-electron chi connectivity index (χ3n) is 3.23. The summed E-state index contributed by atoms with van der Waals surface area (Å²) in [5.74, 6) is -9.07. The molecule has 0 amide bonds. The van der Waals surface area contributed by atoms with Gasteiger partial charge in [-0.15, -0.1) is 0 Å². The van der Waals surface area contributed by atoms with Gasteiger partial charge in [-0.25, -0.2) is 4.39 Å². The Balaban J connectivity index is 5.79. The Morgan fingerprint density at radius 3 is 1.57 bits per heavy atom. The largest absolute Gasteiger partial charge is 0.457 e. The predicted molar refractivity (Wildman–Crippen MR) is 67.4 cm³/mol. The lowest BCUT2D eigenvalue weighted by Gasteiger charge is -2.41. The first-order valence-corrected chi connectivity index (χ1v) is 7.23. The van der Waals surface area contributed by atoms with E-state index in [9.17, 15) is 39.5 Å². The molecular weight excluding hydrogens is 430 g/mol. The van der Waals surface area contributed by atoms with Crippen LogP contribution in [-0.4, -0.2) is 27.9 Å². The Labute approximate surface area is 129 Å². The average molecular weight is 444 g/mol. The zero-order valence-electron chi connectivity index (χ0n) is 11.1. The van der Waals surface area contributed by atoms with E-state index in [-0.39, 0.29) is 6.42 Å². The number of hydrogen-bond donors (Lipinski definition) is 0. The number of halogens is 10. The molecule has 0 bridgehead atoms. The third kappa shape index (κ3) is 3.90. The summed E-state index contributed by atoms with van der Waals surface area (Å²) >= 11 is 1.28. The highest BCUT2D eigenvalue weighted by atomic mass is 127. The highest BCUT2D eigenvalue weighted by molar-refractivity contribution is 14.1. The summed E-state index contributed by atoms with van der Waals surface area (Å²) in [5.41, 5.74) is -5.67. The van der Waals surface area contributed by atoms with Gasteiger partial charge in [0.15, 0.2) is 0 Å². The summed E-state index contributed by atoms with van der Waals surface area (Å²) in [7, 11) is 0. The van der Waals surface area contributed by atoms with Crippen LogP contribution in [-0.2, 0) is 0 Å². The van der Waals surface area contributed by atoms with E-state index >= 15 is 0 Å². The summed E-state index contributed by atoms with van der Waals surface area (Å²) in [4.78, 5) is 0. The lowest BCUT2D eigenvalue weighted by atomic mass is 9.80. The molecule has 0 aromatic rings. The second-order valence-electron chi connectivity index (χ2n) is 4.73. The van der Waals surface area contributed by atoms with Crippen LogP contribution >= 0.6 is 22.6 Å². The van der Waals surface area contributed by atoms with Crippen molar-refractivity contribution in [3.63, 3.8) is 0 Å². The van der Waals surface area contributed by atoms with Crippen LogP contribution in [0.25, 0.3) is 0 Å². The van der Waals surface area contributed by atoms with E-state index in [1.165, 1.54) is 22.6 Å². The molecule has 0 heterocycles. The third-order valence-corrected chi connectivity index (χ3v) is 4.93. The summed E-state index contributed by atoms with van der Waals surface area (Å²) in [6.45, 7) is 2.09. The summed E-state index contributed by atoms with van der Waals surface area (Å²) < 4.78 is 114. The molecular formula is C11H14F9I. The van der Waals surface area contributed by atoms with E-state index in [2.05, 4.69) is 0 Å². The van der Waals surface area contributed by atoms with E-state index in [0.717, 1.165) is 0 Å². The van der Waals surface area contributed by atoms with Crippen LogP contribution < -0.4 is 0 Å². The molecule has 0 aromatic carbocycles. The van der Waals surface area contributed by atoms with Crippen LogP contribution in [0.3, 0.4) is 0 Å². The number of hydrogen-bond acceptors (Lipinski definition) is 0. The van der Waals surface area contributed by atoms with Gasteiger partial charge in [0.05, 0.1) is 0 Å². The molecule has 3 atom stereocenters. The smallest absolute Gasteiger partial charge is 0.226 e. The maximum Gasteiger partial charge on any atom is 0.457 e. The predicted octanol–water partition coefficient (Wildman–Crippen LogP) is 6.08. The molecule has 0 N–H and O–H groups in total. The van der Waals surface area contributed by atoms with Crippen LogP contribution in [0, 0.1) is 5.92 Å². The molecule has 0 saturated carbocycles. The zero-order chi connectivity index (χ0) is 17.3. The van der Waals surface area contributed by atoms with Crippen molar-refractivity contribution in [2.45, 2.75) is 61.0 Å². The summed E-state index contributed by atoms with van der Waals surface area (Å²) in [6, 6.07) is 0. The molecule has 0 nitrogen and oxygen atoms in total. The van der Waals surface area contributed by atoms with Gasteiger partial charge >= 0.3 is 18.3 Å². The maximum absolute atomic E-state index is 14.0. The van der Waals surface area contributed by atoms with E-state index in [1.54, 1.807) is 6.92 Å². The molecule has 10 heteroatoms. The van der Waals surface area contributed by atoms with E-state index in [0.29, 0.717) is 19.8 Å². The first kappa shape index (κ1) is 21.1. The molecule has 21 heavy (non-hydrogen) atoms. The van der Waals surface area contributed by atoms with Crippen LogP contribution in [0.4, 0.5) is 39.5 Å². The summed E-state index contributed by atoms with van der Waals surface area (Å²) in [5, 5.41) is 0. The second-order valence-corrected chi connectivity index (χ2v) is 6.33. The van der Waals surface area contributed by atoms with Gasteiger partial charge in [-0.05, 0) is 6.42 Å². The van der Waals surface area contributed by atoms with Crippen molar-refractivity contribution in [3.05, 3.63) is 0 Å². The van der Waals surface area contributed by atoms with E-state index in [1.807, 2.05) is 0 Å². The number of unbranched alkanes of at least 4 members (excludes halogenated alkanes) is 1. The minimum absolute atomic E-state index is 0.0894. The molecule has 0 aliphatic rings. The maximum atomic E-state index is 14.0. The van der Waals surface area contributed by atoms with Crippen molar-refractivity contribution in [1.29, 1.82) is 0 Å². The minimum Gasteiger partial charge on any atom is -0.226 e. The zero-order valence-corrected chi connectivity index (χ0v) is 13.2. The monoisotopic (exact) mass is 444 g/mol. The van der Waals surface area contributed by atoms with Crippen molar-refractivity contribution < 1.29 is 39.5 Å². The first-order valence-electron chi connectivity index (χ1n) is 5.98. The quantitative estimate of drug-likeness (QED) is 0.265. The van der Waals surface area contributed by atoms with E-state index < -0.39 is 33.8 Å². The van der Waals surface area contributed by atoms with Crippen molar-refractivity contribution in [1.82, 2.24) is 0 Å². The van der Waals surface area contributed by atoms with Crippen LogP contribution in [0.5, 0.6) is 0 Å². The molecule has 0 aliphatic carbocycles. The Kier molecular flexibility index (Phi) is 6.72. The molecule has 0 saturated heterocycles. The fraction of sp³-hybridized carbons (Fsp3) is 1.00. The fourth-order valence-corrected chi connectivity index (χ4v) is 2.76. The van der Waals surface area contributed by atoms with Crippen molar-refractivity contribution in [3.8, 4) is 0 Å². The number of alkyl halides is 10. The van der Waals surface area contributed by atoms with Crippen molar-refractivity contribution >= 4 is 22.6 Å². The Bertz CT molecular complexity index is 336. The molecule has 3 unspecified atom stereocenters. The van der Waals surface area contributed by atoms with Gasteiger partial charge in [0.25, 0.3) is 5.67 Å². The van der Waals surface area contributed by atoms with Crippen molar-refractivity contribution in [2.75, 3.05) is 0 Å². The first-order chi connectivity index (χ1) is 9.14. The second kappa shape index (κ2) is 6.69.